The Bertz CT molecular complexity index is 488. The molecule has 1 aromatic rings. The Hall–Kier alpha value is -2.22. The minimum absolute atomic E-state index is 0.000665. The van der Waals surface area contributed by atoms with Gasteiger partial charge in [0.1, 0.15) is 0 Å². The van der Waals surface area contributed by atoms with E-state index < -0.39 is 5.91 Å². The molecule has 0 saturated carbocycles. The third-order valence-corrected chi connectivity index (χ3v) is 2.93. The van der Waals surface area contributed by atoms with E-state index in [1.165, 1.54) is 12.4 Å². The molecule has 0 aliphatic carbocycles. The smallest absolute Gasteiger partial charge is 0.273 e. The highest BCUT2D eigenvalue weighted by Gasteiger charge is 2.17. The number of carbonyl (C=O) groups is 2. The number of nitrogens with one attached hydrogen (secondary N) is 1. The molecular formula is C12H17N5O3. The lowest BCUT2D eigenvalue weighted by atomic mass is 10.3. The molecule has 0 radical (unpaired) electrons. The van der Waals surface area contributed by atoms with Gasteiger partial charge >= 0.3 is 0 Å². The third kappa shape index (κ3) is 3.64. The van der Waals surface area contributed by atoms with E-state index in [0.29, 0.717) is 26.3 Å². The van der Waals surface area contributed by atoms with Crippen LogP contribution in [0.5, 0.6) is 0 Å². The van der Waals surface area contributed by atoms with Crippen LogP contribution >= 0.6 is 0 Å². The summed E-state index contributed by atoms with van der Waals surface area (Å²) in [6, 6.07) is 0. The molecule has 1 aliphatic rings. The summed E-state index contributed by atoms with van der Waals surface area (Å²) < 4.78 is 5.17. The van der Waals surface area contributed by atoms with E-state index in [0.717, 1.165) is 0 Å². The Kier molecular flexibility index (Phi) is 4.83. The topological polar surface area (TPSA) is 110 Å². The number of aromatic nitrogens is 2. The summed E-state index contributed by atoms with van der Waals surface area (Å²) in [5.41, 5.74) is 5.62. The second-order valence-corrected chi connectivity index (χ2v) is 4.29. The van der Waals surface area contributed by atoms with Crippen LogP contribution < -0.4 is 11.1 Å². The normalized spacial score (nSPS) is 14.9. The molecule has 2 amide bonds. The molecule has 8 nitrogen and oxygen atoms in total. The van der Waals surface area contributed by atoms with E-state index in [2.05, 4.69) is 15.3 Å². The Labute approximate surface area is 116 Å². The molecule has 3 N–H and O–H groups in total. The Morgan fingerprint density at radius 2 is 2.00 bits per heavy atom. The molecule has 2 heterocycles. The largest absolute Gasteiger partial charge is 0.382 e. The van der Waals surface area contributed by atoms with Gasteiger partial charge in [-0.2, -0.15) is 0 Å². The van der Waals surface area contributed by atoms with Crippen LogP contribution in [-0.2, 0) is 9.53 Å². The van der Waals surface area contributed by atoms with Crippen molar-refractivity contribution in [1.29, 1.82) is 0 Å². The van der Waals surface area contributed by atoms with Crippen LogP contribution in [0, 0.1) is 0 Å². The van der Waals surface area contributed by atoms with Crippen molar-refractivity contribution in [3.8, 4) is 0 Å². The summed E-state index contributed by atoms with van der Waals surface area (Å²) in [6.45, 7) is 2.57. The second kappa shape index (κ2) is 6.80. The number of rotatable bonds is 4. The van der Waals surface area contributed by atoms with Gasteiger partial charge < -0.3 is 20.7 Å². The molecule has 1 saturated heterocycles. The summed E-state index contributed by atoms with van der Waals surface area (Å²) in [6.07, 6.45) is 3.05. The minimum Gasteiger partial charge on any atom is -0.382 e. The highest BCUT2D eigenvalue weighted by Crippen LogP contribution is 2.03. The average molecular weight is 279 g/mol. The fourth-order valence-corrected chi connectivity index (χ4v) is 1.86. The molecule has 1 aromatic heterocycles. The molecular weight excluding hydrogens is 262 g/mol. The first-order chi connectivity index (χ1) is 9.68. The number of nitrogens with zero attached hydrogens (tertiary/aromatic N) is 3. The number of hydrogen-bond donors (Lipinski definition) is 2. The van der Waals surface area contributed by atoms with Gasteiger partial charge in [-0.05, 0) is 0 Å². The number of hydrogen-bond acceptors (Lipinski definition) is 6. The van der Waals surface area contributed by atoms with E-state index in [-0.39, 0.29) is 30.4 Å². The Morgan fingerprint density at radius 1 is 1.30 bits per heavy atom. The van der Waals surface area contributed by atoms with Crippen molar-refractivity contribution in [2.45, 2.75) is 6.42 Å². The number of morpholine rings is 1. The fraction of sp³-hybridized carbons (Fsp3) is 0.500. The molecule has 1 aliphatic heterocycles. The van der Waals surface area contributed by atoms with Crippen molar-refractivity contribution in [1.82, 2.24) is 20.2 Å². The maximum atomic E-state index is 11.8. The van der Waals surface area contributed by atoms with Crippen LogP contribution in [0.4, 0.5) is 5.82 Å². The monoisotopic (exact) mass is 279 g/mol. The van der Waals surface area contributed by atoms with Crippen LogP contribution in [-0.4, -0.2) is 59.5 Å². The van der Waals surface area contributed by atoms with Crippen LogP contribution in [0.2, 0.25) is 0 Å². The summed E-state index contributed by atoms with van der Waals surface area (Å²) in [7, 11) is 0. The van der Waals surface area contributed by atoms with Crippen LogP contribution in [0.1, 0.15) is 16.9 Å². The summed E-state index contributed by atoms with van der Waals surface area (Å²) >= 11 is 0. The van der Waals surface area contributed by atoms with Crippen molar-refractivity contribution in [2.24, 2.45) is 0 Å². The molecule has 0 bridgehead atoms. The molecule has 108 valence electrons. The van der Waals surface area contributed by atoms with Gasteiger partial charge in [0.2, 0.25) is 5.91 Å². The SMILES string of the molecule is Nc1nccnc1C(=O)NCCC(=O)N1CCOCC1. The van der Waals surface area contributed by atoms with E-state index in [9.17, 15) is 9.59 Å². The van der Waals surface area contributed by atoms with Gasteiger partial charge in [0.05, 0.1) is 13.2 Å². The zero-order valence-corrected chi connectivity index (χ0v) is 11.0. The van der Waals surface area contributed by atoms with Crippen LogP contribution in [0.25, 0.3) is 0 Å². The maximum absolute atomic E-state index is 11.8. The molecule has 20 heavy (non-hydrogen) atoms. The number of amides is 2. The predicted octanol–water partition coefficient (Wildman–Crippen LogP) is -0.962. The molecule has 2 rings (SSSR count). The lowest BCUT2D eigenvalue weighted by Crippen LogP contribution is -2.42. The molecule has 0 spiro atoms. The first-order valence-corrected chi connectivity index (χ1v) is 6.38. The number of nitrogens with two attached hydrogens (primary N) is 1. The Balaban J connectivity index is 1.76. The highest BCUT2D eigenvalue weighted by molar-refractivity contribution is 5.96. The van der Waals surface area contributed by atoms with Gasteiger partial charge in [-0.25, -0.2) is 9.97 Å². The van der Waals surface area contributed by atoms with Gasteiger partial charge in [0.15, 0.2) is 11.5 Å². The average Bonchev–Trinajstić information content (AvgIpc) is 2.48. The van der Waals surface area contributed by atoms with Gasteiger partial charge in [0, 0.05) is 38.4 Å². The molecule has 0 unspecified atom stereocenters. The number of ether oxygens (including phenoxy) is 1. The standard InChI is InChI=1S/C12H17N5O3/c13-11-10(14-3-4-15-11)12(19)16-2-1-9(18)17-5-7-20-8-6-17/h3-4H,1-2,5-8H2,(H2,13,15)(H,16,19). The van der Waals surface area contributed by atoms with Crippen LogP contribution in [0.3, 0.4) is 0 Å². The van der Waals surface area contributed by atoms with Gasteiger partial charge in [-0.1, -0.05) is 0 Å². The summed E-state index contributed by atoms with van der Waals surface area (Å²) in [4.78, 5) is 33.0. The first-order valence-electron chi connectivity index (χ1n) is 6.38. The van der Waals surface area contributed by atoms with Gasteiger partial charge in [-0.15, -0.1) is 0 Å². The Morgan fingerprint density at radius 3 is 2.70 bits per heavy atom. The lowest BCUT2D eigenvalue weighted by molar-refractivity contribution is -0.135. The van der Waals surface area contributed by atoms with Crippen molar-refractivity contribution in [3.05, 3.63) is 18.1 Å². The van der Waals surface area contributed by atoms with Crippen molar-refractivity contribution in [3.63, 3.8) is 0 Å². The van der Waals surface area contributed by atoms with Crippen molar-refractivity contribution in [2.75, 3.05) is 38.6 Å². The second-order valence-electron chi connectivity index (χ2n) is 4.29. The highest BCUT2D eigenvalue weighted by atomic mass is 16.5. The summed E-state index contributed by atoms with van der Waals surface area (Å²) in [5, 5.41) is 2.61. The van der Waals surface area contributed by atoms with E-state index >= 15 is 0 Å². The number of anilines is 1. The van der Waals surface area contributed by atoms with Crippen molar-refractivity contribution >= 4 is 17.6 Å². The zero-order valence-electron chi connectivity index (χ0n) is 11.0. The quantitative estimate of drug-likeness (QED) is 0.734. The number of carbonyl (C=O) groups excluding carboxylic acids is 2. The molecule has 8 heteroatoms. The zero-order chi connectivity index (χ0) is 14.4. The predicted molar refractivity (Wildman–Crippen MR) is 70.8 cm³/mol. The molecule has 0 atom stereocenters. The van der Waals surface area contributed by atoms with Gasteiger partial charge in [-0.3, -0.25) is 9.59 Å². The number of nitrogen functional groups attached to an aromatic ring is 1. The van der Waals surface area contributed by atoms with E-state index in [1.54, 1.807) is 4.90 Å². The molecule has 0 aromatic carbocycles. The summed E-state index contributed by atoms with van der Waals surface area (Å²) in [5.74, 6) is -0.351. The van der Waals surface area contributed by atoms with E-state index in [4.69, 9.17) is 10.5 Å². The van der Waals surface area contributed by atoms with Gasteiger partial charge in [0.25, 0.3) is 5.91 Å². The van der Waals surface area contributed by atoms with Crippen molar-refractivity contribution < 1.29 is 14.3 Å². The maximum Gasteiger partial charge on any atom is 0.273 e. The minimum atomic E-state index is -0.426. The van der Waals surface area contributed by atoms with Crippen LogP contribution in [0.15, 0.2) is 12.4 Å². The first kappa shape index (κ1) is 14.2. The van der Waals surface area contributed by atoms with E-state index in [1.807, 2.05) is 0 Å². The molecule has 1 fully saturated rings. The lowest BCUT2D eigenvalue weighted by Gasteiger charge is -2.26. The third-order valence-electron chi connectivity index (χ3n) is 2.93. The fourth-order valence-electron chi connectivity index (χ4n) is 1.86.